The molecule has 1 heterocycles. The molecule has 1 saturated carbocycles. The van der Waals surface area contributed by atoms with Crippen LogP contribution in [-0.4, -0.2) is 44.4 Å². The smallest absolute Gasteiger partial charge is 0.191 e. The maximum absolute atomic E-state index is 6.14. The lowest BCUT2D eigenvalue weighted by Crippen LogP contribution is -2.68. The number of aliphatic imine (C=N–C) groups is 1. The molecule has 3 rings (SSSR count). The molecule has 146 valence electrons. The van der Waals surface area contributed by atoms with Crippen molar-refractivity contribution < 1.29 is 9.47 Å². The Bertz CT molecular complexity index is 641. The summed E-state index contributed by atoms with van der Waals surface area (Å²) in [7, 11) is 1.79. The quantitative estimate of drug-likeness (QED) is 0.373. The second-order valence-electron chi connectivity index (χ2n) is 7.50. The third-order valence-corrected chi connectivity index (χ3v) is 5.65. The van der Waals surface area contributed by atoms with Crippen molar-refractivity contribution in [1.29, 1.82) is 0 Å². The Balaban J connectivity index is 0.00000243. The van der Waals surface area contributed by atoms with Crippen LogP contribution in [0.15, 0.2) is 29.3 Å². The Morgan fingerprint density at radius 3 is 2.85 bits per heavy atom. The average Bonchev–Trinajstić information content (AvgIpc) is 3.04. The van der Waals surface area contributed by atoms with Gasteiger partial charge in [-0.3, -0.25) is 4.99 Å². The Morgan fingerprint density at radius 1 is 1.42 bits per heavy atom. The molecule has 2 fully saturated rings. The molecule has 7 heteroatoms. The minimum atomic E-state index is -0.0320. The average molecular weight is 494 g/mol. The van der Waals surface area contributed by atoms with Crippen LogP contribution in [0.4, 0.5) is 0 Å². The summed E-state index contributed by atoms with van der Waals surface area (Å²) in [4.78, 5) is 4.36. The summed E-state index contributed by atoms with van der Waals surface area (Å²) in [6.45, 7) is 8.03. The molecule has 5 nitrogen and oxygen atoms in total. The molecule has 26 heavy (non-hydrogen) atoms. The summed E-state index contributed by atoms with van der Waals surface area (Å²) in [6, 6.07) is 7.90. The van der Waals surface area contributed by atoms with Gasteiger partial charge in [0, 0.05) is 31.0 Å². The zero-order chi connectivity index (χ0) is 18.0. The number of nitrogens with zero attached hydrogens (tertiary/aromatic N) is 1. The fraction of sp³-hybridized carbons (Fsp3) is 0.632. The molecule has 1 saturated heterocycles. The van der Waals surface area contributed by atoms with Crippen LogP contribution in [0.1, 0.15) is 27.2 Å². The molecule has 1 aromatic rings. The van der Waals surface area contributed by atoms with Crippen molar-refractivity contribution in [2.24, 2.45) is 16.3 Å². The highest BCUT2D eigenvalue weighted by Gasteiger charge is 2.59. The molecular formula is C19H29ClIN3O2. The number of nitrogens with one attached hydrogen (secondary N) is 2. The van der Waals surface area contributed by atoms with Gasteiger partial charge in [0.05, 0.1) is 17.7 Å². The Hall–Kier alpha value is -0.730. The van der Waals surface area contributed by atoms with E-state index in [1.165, 1.54) is 0 Å². The van der Waals surface area contributed by atoms with Gasteiger partial charge in [-0.2, -0.15) is 0 Å². The van der Waals surface area contributed by atoms with Crippen LogP contribution >= 0.6 is 35.6 Å². The van der Waals surface area contributed by atoms with E-state index in [4.69, 9.17) is 21.1 Å². The van der Waals surface area contributed by atoms with E-state index in [9.17, 15) is 0 Å². The van der Waals surface area contributed by atoms with Crippen LogP contribution in [-0.2, 0) is 4.74 Å². The first kappa shape index (κ1) is 21.6. The monoisotopic (exact) mass is 493 g/mol. The molecule has 0 radical (unpaired) electrons. The maximum Gasteiger partial charge on any atom is 0.191 e. The number of ether oxygens (including phenoxy) is 2. The van der Waals surface area contributed by atoms with Gasteiger partial charge < -0.3 is 20.1 Å². The third kappa shape index (κ3) is 4.39. The van der Waals surface area contributed by atoms with Gasteiger partial charge >= 0.3 is 0 Å². The molecule has 1 aliphatic carbocycles. The van der Waals surface area contributed by atoms with Crippen molar-refractivity contribution in [3.05, 3.63) is 29.3 Å². The highest BCUT2D eigenvalue weighted by molar-refractivity contribution is 14.0. The molecule has 1 aromatic carbocycles. The zero-order valence-electron chi connectivity index (χ0n) is 15.8. The van der Waals surface area contributed by atoms with E-state index < -0.39 is 0 Å². The number of rotatable bonds is 5. The van der Waals surface area contributed by atoms with Gasteiger partial charge in [-0.1, -0.05) is 37.6 Å². The van der Waals surface area contributed by atoms with E-state index in [-0.39, 0.29) is 35.5 Å². The van der Waals surface area contributed by atoms with Gasteiger partial charge in [-0.05, 0) is 25.5 Å². The molecule has 2 aliphatic rings. The third-order valence-electron chi connectivity index (χ3n) is 5.34. The van der Waals surface area contributed by atoms with Gasteiger partial charge in [0.25, 0.3) is 0 Å². The second kappa shape index (κ2) is 8.97. The number of hydrogen-bond acceptors (Lipinski definition) is 3. The first-order valence-electron chi connectivity index (χ1n) is 8.93. The van der Waals surface area contributed by atoms with E-state index in [0.29, 0.717) is 35.4 Å². The van der Waals surface area contributed by atoms with Crippen LogP contribution in [0.5, 0.6) is 5.75 Å². The summed E-state index contributed by atoms with van der Waals surface area (Å²) >= 11 is 6.14. The van der Waals surface area contributed by atoms with E-state index >= 15 is 0 Å². The maximum atomic E-state index is 6.14. The number of hydrogen-bond donors (Lipinski definition) is 2. The fourth-order valence-corrected chi connectivity index (χ4v) is 4.18. The van der Waals surface area contributed by atoms with Crippen LogP contribution in [0.3, 0.4) is 0 Å². The van der Waals surface area contributed by atoms with Gasteiger partial charge in [-0.15, -0.1) is 24.0 Å². The lowest BCUT2D eigenvalue weighted by Gasteiger charge is -2.54. The van der Waals surface area contributed by atoms with Crippen molar-refractivity contribution in [3.8, 4) is 5.75 Å². The molecule has 0 bridgehead atoms. The first-order chi connectivity index (χ1) is 11.9. The fourth-order valence-electron chi connectivity index (χ4n) is 4.00. The van der Waals surface area contributed by atoms with Crippen molar-refractivity contribution in [3.63, 3.8) is 0 Å². The summed E-state index contributed by atoms with van der Waals surface area (Å²) in [6.07, 6.45) is 1.45. The predicted octanol–water partition coefficient (Wildman–Crippen LogP) is 3.70. The Morgan fingerprint density at radius 2 is 2.15 bits per heavy atom. The van der Waals surface area contributed by atoms with Gasteiger partial charge in [0.15, 0.2) is 5.96 Å². The lowest BCUT2D eigenvalue weighted by molar-refractivity contribution is -0.106. The van der Waals surface area contributed by atoms with Gasteiger partial charge in [0.2, 0.25) is 0 Å². The topological polar surface area (TPSA) is 54.9 Å². The normalized spacial score (nSPS) is 27.6. The van der Waals surface area contributed by atoms with Crippen molar-refractivity contribution in [2.75, 3.05) is 20.2 Å². The summed E-state index contributed by atoms with van der Waals surface area (Å²) in [5.41, 5.74) is 0.123. The summed E-state index contributed by atoms with van der Waals surface area (Å²) in [5.74, 6) is 2.08. The predicted molar refractivity (Wildman–Crippen MR) is 117 cm³/mol. The molecule has 4 unspecified atom stereocenters. The largest absolute Gasteiger partial charge is 0.487 e. The minimum absolute atomic E-state index is 0. The number of benzene rings is 1. The van der Waals surface area contributed by atoms with Crippen LogP contribution in [0, 0.1) is 11.3 Å². The molecular weight excluding hydrogens is 465 g/mol. The first-order valence-corrected chi connectivity index (χ1v) is 9.31. The van der Waals surface area contributed by atoms with E-state index in [1.54, 1.807) is 7.05 Å². The Kier molecular flexibility index (Phi) is 7.44. The minimum Gasteiger partial charge on any atom is -0.487 e. The van der Waals surface area contributed by atoms with Gasteiger partial charge in [-0.25, -0.2) is 0 Å². The molecule has 2 N–H and O–H groups in total. The molecule has 0 spiro atoms. The summed E-state index contributed by atoms with van der Waals surface area (Å²) < 4.78 is 11.8. The molecule has 0 amide bonds. The van der Waals surface area contributed by atoms with Crippen molar-refractivity contribution >= 4 is 41.5 Å². The molecule has 4 atom stereocenters. The summed E-state index contributed by atoms with van der Waals surface area (Å²) in [5, 5.41) is 7.55. The van der Waals surface area contributed by atoms with Crippen molar-refractivity contribution in [1.82, 2.24) is 10.6 Å². The van der Waals surface area contributed by atoms with E-state index in [2.05, 4.69) is 29.5 Å². The van der Waals surface area contributed by atoms with Crippen LogP contribution < -0.4 is 15.4 Å². The van der Waals surface area contributed by atoms with E-state index in [0.717, 1.165) is 19.0 Å². The second-order valence-corrected chi connectivity index (χ2v) is 7.91. The van der Waals surface area contributed by atoms with Crippen LogP contribution in [0.2, 0.25) is 5.02 Å². The number of halogens is 2. The van der Waals surface area contributed by atoms with E-state index in [1.807, 2.05) is 31.2 Å². The SMILES string of the molecule is CN=C(NCC(C)Oc1ccccc1Cl)NC1C2CCOC2C1(C)C.I. The lowest BCUT2D eigenvalue weighted by atomic mass is 9.57. The Labute approximate surface area is 178 Å². The number of fused-ring (bicyclic) bond motifs is 1. The van der Waals surface area contributed by atoms with Gasteiger partial charge in [0.1, 0.15) is 11.9 Å². The standard InChI is InChI=1S/C19H28ClN3O2.HI/c1-12(25-15-8-6-5-7-14(15)20)11-22-18(21-4)23-16-13-9-10-24-17(13)19(16,2)3;/h5-8,12-13,16-17H,9-11H2,1-4H3,(H2,21,22,23);1H. The molecule has 1 aliphatic heterocycles. The molecule has 0 aromatic heterocycles. The highest BCUT2D eigenvalue weighted by Crippen LogP contribution is 2.52. The van der Waals surface area contributed by atoms with Crippen molar-refractivity contribution in [2.45, 2.75) is 45.4 Å². The zero-order valence-corrected chi connectivity index (χ0v) is 18.9. The number of para-hydroxylation sites is 1. The highest BCUT2D eigenvalue weighted by atomic mass is 127. The van der Waals surface area contributed by atoms with Crippen LogP contribution in [0.25, 0.3) is 0 Å². The number of guanidine groups is 1.